The summed E-state index contributed by atoms with van der Waals surface area (Å²) in [6.45, 7) is 3.19. The number of para-hydroxylation sites is 2. The Morgan fingerprint density at radius 1 is 1.42 bits per heavy atom. The van der Waals surface area contributed by atoms with Gasteiger partial charge in [-0.3, -0.25) is 14.9 Å². The number of nitrogens with one attached hydrogen (secondary N) is 1. The first kappa shape index (κ1) is 17.5. The molecule has 1 N–H and O–H groups in total. The van der Waals surface area contributed by atoms with Crippen LogP contribution in [0.15, 0.2) is 24.3 Å². The average Bonchev–Trinajstić information content (AvgIpc) is 3.03. The number of hydrogen-bond donors (Lipinski definition) is 1. The Bertz CT molecular complexity index is 776. The summed E-state index contributed by atoms with van der Waals surface area (Å²) in [7, 11) is 0. The monoisotopic (exact) mass is 350 g/mol. The summed E-state index contributed by atoms with van der Waals surface area (Å²) in [6, 6.07) is 5.70. The van der Waals surface area contributed by atoms with Crippen molar-refractivity contribution >= 4 is 34.8 Å². The van der Waals surface area contributed by atoms with Crippen LogP contribution in [0.4, 0.5) is 11.4 Å². The third-order valence-corrected chi connectivity index (χ3v) is 3.84. The number of benzene rings is 1. The third kappa shape index (κ3) is 3.90. The lowest BCUT2D eigenvalue weighted by Crippen LogP contribution is -2.30. The number of anilines is 1. The summed E-state index contributed by atoms with van der Waals surface area (Å²) < 4.78 is 8.76. The van der Waals surface area contributed by atoms with Gasteiger partial charge in [-0.25, -0.2) is 4.79 Å². The summed E-state index contributed by atoms with van der Waals surface area (Å²) in [5, 5.41) is 17.1. The molecule has 0 bridgehead atoms. The molecule has 10 heteroatoms. The predicted molar refractivity (Wildman–Crippen MR) is 85.9 cm³/mol. The van der Waals surface area contributed by atoms with Crippen LogP contribution in [0.5, 0.6) is 0 Å². The van der Waals surface area contributed by atoms with E-state index in [-0.39, 0.29) is 16.3 Å². The van der Waals surface area contributed by atoms with Crippen LogP contribution < -0.4 is 5.32 Å². The first-order valence-corrected chi connectivity index (χ1v) is 7.77. The Kier molecular flexibility index (Phi) is 5.53. The summed E-state index contributed by atoms with van der Waals surface area (Å²) >= 11 is 0.890. The van der Waals surface area contributed by atoms with E-state index in [1.807, 2.05) is 6.92 Å². The highest BCUT2D eigenvalue weighted by molar-refractivity contribution is 7.07. The van der Waals surface area contributed by atoms with Gasteiger partial charge in [-0.1, -0.05) is 23.5 Å². The fraction of sp³-hybridized carbons (Fsp3) is 0.286. The number of aromatic nitrogens is 2. The molecule has 0 aliphatic heterocycles. The number of nitrogens with zero attached hydrogens (tertiary/aromatic N) is 3. The fourth-order valence-corrected chi connectivity index (χ4v) is 2.47. The highest BCUT2D eigenvalue weighted by atomic mass is 32.1. The Labute approximate surface area is 141 Å². The van der Waals surface area contributed by atoms with Crippen molar-refractivity contribution in [3.05, 3.63) is 45.0 Å². The van der Waals surface area contributed by atoms with Crippen LogP contribution in [0.1, 0.15) is 29.2 Å². The molecule has 0 aliphatic carbocycles. The van der Waals surface area contributed by atoms with E-state index in [9.17, 15) is 19.7 Å². The largest absolute Gasteiger partial charge is 0.448 e. The van der Waals surface area contributed by atoms with Gasteiger partial charge in [0.05, 0.1) is 10.6 Å². The molecular weight excluding hydrogens is 336 g/mol. The Balaban J connectivity index is 2.05. The molecule has 0 saturated carbocycles. The molecule has 0 radical (unpaired) electrons. The first-order chi connectivity index (χ1) is 11.4. The van der Waals surface area contributed by atoms with Crippen molar-refractivity contribution in [2.45, 2.75) is 26.4 Å². The molecular formula is C14H14N4O5S. The minimum atomic E-state index is -1.14. The van der Waals surface area contributed by atoms with Gasteiger partial charge in [-0.05, 0) is 30.9 Å². The van der Waals surface area contributed by atoms with Crippen molar-refractivity contribution in [2.24, 2.45) is 0 Å². The second kappa shape index (κ2) is 7.59. The molecule has 0 unspecified atom stereocenters. The number of nitro benzene ring substituents is 1. The molecule has 1 amide bonds. The number of esters is 1. The van der Waals surface area contributed by atoms with E-state index in [1.165, 1.54) is 25.1 Å². The highest BCUT2D eigenvalue weighted by Gasteiger charge is 2.24. The second-order valence-corrected chi connectivity index (χ2v) is 5.47. The third-order valence-electron chi connectivity index (χ3n) is 3.09. The Morgan fingerprint density at radius 3 is 2.79 bits per heavy atom. The molecule has 2 rings (SSSR count). The van der Waals surface area contributed by atoms with Crippen LogP contribution in [0.2, 0.25) is 0 Å². The molecule has 2 aromatic rings. The molecule has 9 nitrogen and oxygen atoms in total. The number of amides is 1. The van der Waals surface area contributed by atoms with Crippen molar-refractivity contribution in [1.82, 2.24) is 9.59 Å². The summed E-state index contributed by atoms with van der Waals surface area (Å²) in [4.78, 5) is 34.7. The lowest BCUT2D eigenvalue weighted by atomic mass is 10.2. The van der Waals surface area contributed by atoms with E-state index in [4.69, 9.17) is 4.74 Å². The summed E-state index contributed by atoms with van der Waals surface area (Å²) in [5.41, 5.74) is 0.282. The topological polar surface area (TPSA) is 124 Å². The maximum Gasteiger partial charge on any atom is 0.352 e. The minimum absolute atomic E-state index is 0.0316. The van der Waals surface area contributed by atoms with Gasteiger partial charge in [-0.2, -0.15) is 0 Å². The molecule has 0 fully saturated rings. The van der Waals surface area contributed by atoms with Crippen molar-refractivity contribution < 1.29 is 19.2 Å². The average molecular weight is 350 g/mol. The van der Waals surface area contributed by atoms with Crippen molar-refractivity contribution in [3.63, 3.8) is 0 Å². The number of rotatable bonds is 6. The SMILES string of the molecule is CCc1nnsc1C(=O)O[C@@H](C)C(=O)Nc1ccccc1[N+](=O)[O-]. The molecule has 0 saturated heterocycles. The van der Waals surface area contributed by atoms with Crippen molar-refractivity contribution in [2.75, 3.05) is 5.32 Å². The van der Waals surface area contributed by atoms with Gasteiger partial charge in [0.1, 0.15) is 5.69 Å². The molecule has 0 aliphatic rings. The highest BCUT2D eigenvalue weighted by Crippen LogP contribution is 2.23. The van der Waals surface area contributed by atoms with E-state index in [2.05, 4.69) is 14.9 Å². The minimum Gasteiger partial charge on any atom is -0.448 e. The van der Waals surface area contributed by atoms with Gasteiger partial charge in [-0.15, -0.1) is 5.10 Å². The summed E-state index contributed by atoms with van der Waals surface area (Å²) in [5.74, 6) is -1.37. The van der Waals surface area contributed by atoms with Crippen LogP contribution >= 0.6 is 11.5 Å². The van der Waals surface area contributed by atoms with Gasteiger partial charge in [0.2, 0.25) is 0 Å². The van der Waals surface area contributed by atoms with Crippen LogP contribution in [-0.2, 0) is 16.0 Å². The van der Waals surface area contributed by atoms with Gasteiger partial charge in [0, 0.05) is 6.07 Å². The molecule has 126 valence electrons. The van der Waals surface area contributed by atoms with Crippen molar-refractivity contribution in [1.29, 1.82) is 0 Å². The maximum absolute atomic E-state index is 12.1. The molecule has 1 aromatic carbocycles. The smallest absolute Gasteiger partial charge is 0.352 e. The lowest BCUT2D eigenvalue weighted by molar-refractivity contribution is -0.383. The Hall–Kier alpha value is -2.88. The van der Waals surface area contributed by atoms with E-state index in [0.717, 1.165) is 11.5 Å². The zero-order valence-corrected chi connectivity index (χ0v) is 13.7. The predicted octanol–water partition coefficient (Wildman–Crippen LogP) is 2.19. The number of aryl methyl sites for hydroxylation is 1. The first-order valence-electron chi connectivity index (χ1n) is 7.00. The van der Waals surface area contributed by atoms with Gasteiger partial charge in [0.25, 0.3) is 11.6 Å². The zero-order chi connectivity index (χ0) is 17.7. The standard InChI is InChI=1S/C14H14N4O5S/c1-3-9-12(24-17-16-9)14(20)23-8(2)13(19)15-10-6-4-5-7-11(10)18(21)22/h4-8H,3H2,1-2H3,(H,15,19)/t8-/m0/s1. The normalized spacial score (nSPS) is 11.6. The Morgan fingerprint density at radius 2 is 2.12 bits per heavy atom. The van der Waals surface area contributed by atoms with Crippen LogP contribution in [0, 0.1) is 10.1 Å². The number of nitro groups is 1. The van der Waals surface area contributed by atoms with Crippen LogP contribution in [0.3, 0.4) is 0 Å². The van der Waals surface area contributed by atoms with E-state index in [0.29, 0.717) is 12.1 Å². The molecule has 0 spiro atoms. The van der Waals surface area contributed by atoms with Gasteiger partial charge < -0.3 is 10.1 Å². The van der Waals surface area contributed by atoms with Crippen molar-refractivity contribution in [3.8, 4) is 0 Å². The fourth-order valence-electron chi connectivity index (χ4n) is 1.84. The molecule has 1 atom stereocenters. The number of hydrogen-bond acceptors (Lipinski definition) is 8. The van der Waals surface area contributed by atoms with Crippen LogP contribution in [0.25, 0.3) is 0 Å². The van der Waals surface area contributed by atoms with Gasteiger partial charge in [0.15, 0.2) is 11.0 Å². The second-order valence-electron chi connectivity index (χ2n) is 4.71. The maximum atomic E-state index is 12.1. The number of carbonyl (C=O) groups is 2. The summed E-state index contributed by atoms with van der Waals surface area (Å²) in [6.07, 6.45) is -0.623. The van der Waals surface area contributed by atoms with E-state index in [1.54, 1.807) is 6.07 Å². The molecule has 24 heavy (non-hydrogen) atoms. The zero-order valence-electron chi connectivity index (χ0n) is 12.9. The van der Waals surface area contributed by atoms with E-state index >= 15 is 0 Å². The van der Waals surface area contributed by atoms with Gasteiger partial charge >= 0.3 is 5.97 Å². The lowest BCUT2D eigenvalue weighted by Gasteiger charge is -2.13. The number of ether oxygens (including phenoxy) is 1. The number of carbonyl (C=O) groups excluding carboxylic acids is 2. The van der Waals surface area contributed by atoms with E-state index < -0.39 is 22.9 Å². The van der Waals surface area contributed by atoms with Crippen LogP contribution in [-0.4, -0.2) is 32.5 Å². The quantitative estimate of drug-likeness (QED) is 0.481. The molecule has 1 heterocycles. The molecule has 1 aromatic heterocycles.